The molecule has 0 spiro atoms. The summed E-state index contributed by atoms with van der Waals surface area (Å²) in [5, 5.41) is 8.87. The van der Waals surface area contributed by atoms with Crippen molar-refractivity contribution in [2.24, 2.45) is 0 Å². The van der Waals surface area contributed by atoms with Crippen LogP contribution in [0.2, 0.25) is 0 Å². The fourth-order valence-corrected chi connectivity index (χ4v) is 2.07. The second-order valence-electron chi connectivity index (χ2n) is 4.24. The summed E-state index contributed by atoms with van der Waals surface area (Å²) in [4.78, 5) is 9.08. The maximum Gasteiger partial charge on any atom is 0.0936 e. The molecule has 3 heteroatoms. The maximum absolute atomic E-state index is 8.87. The molecule has 0 radical (unpaired) electrons. The smallest absolute Gasteiger partial charge is 0.0936 e. The van der Waals surface area contributed by atoms with Gasteiger partial charge >= 0.3 is 0 Å². The van der Waals surface area contributed by atoms with Crippen LogP contribution in [0.5, 0.6) is 0 Å². The molecule has 1 heterocycles. The van der Waals surface area contributed by atoms with Crippen molar-refractivity contribution in [2.45, 2.75) is 6.42 Å². The zero-order valence-electron chi connectivity index (χ0n) is 10.2. The van der Waals surface area contributed by atoms with Crippen LogP contribution in [0, 0.1) is 11.3 Å². The third-order valence-corrected chi connectivity index (χ3v) is 3.00. The second kappa shape index (κ2) is 4.87. The Morgan fingerprint density at radius 2 is 1.84 bits per heavy atom. The van der Waals surface area contributed by atoms with E-state index in [1.165, 1.54) is 0 Å². The Morgan fingerprint density at radius 1 is 1.00 bits per heavy atom. The van der Waals surface area contributed by atoms with Gasteiger partial charge in [-0.25, -0.2) is 4.98 Å². The average molecular weight is 245 g/mol. The van der Waals surface area contributed by atoms with Crippen LogP contribution in [0.3, 0.4) is 0 Å². The van der Waals surface area contributed by atoms with Crippen molar-refractivity contribution in [1.82, 2.24) is 9.97 Å². The molecule has 0 bridgehead atoms. The average Bonchev–Trinajstić information content (AvgIpc) is 2.48. The molecule has 0 atom stereocenters. The van der Waals surface area contributed by atoms with Gasteiger partial charge in [0.2, 0.25) is 0 Å². The molecule has 90 valence electrons. The Labute approximate surface area is 111 Å². The minimum atomic E-state index is 0.351. The fraction of sp³-hybridized carbons (Fsp3) is 0.0625. The third-order valence-electron chi connectivity index (χ3n) is 3.00. The predicted octanol–water partition coefficient (Wildman–Crippen LogP) is 3.36. The molecule has 0 aliphatic heterocycles. The molecule has 0 fully saturated rings. The Bertz CT molecular complexity index is 758. The van der Waals surface area contributed by atoms with E-state index in [1.54, 1.807) is 6.20 Å². The number of rotatable bonds is 2. The van der Waals surface area contributed by atoms with Crippen molar-refractivity contribution < 1.29 is 0 Å². The van der Waals surface area contributed by atoms with Crippen molar-refractivity contribution in [2.75, 3.05) is 0 Å². The zero-order chi connectivity index (χ0) is 13.1. The highest BCUT2D eigenvalue weighted by Gasteiger charge is 2.06. The van der Waals surface area contributed by atoms with Gasteiger partial charge in [-0.2, -0.15) is 5.26 Å². The second-order valence-corrected chi connectivity index (χ2v) is 4.24. The molecule has 0 saturated carbocycles. The van der Waals surface area contributed by atoms with Gasteiger partial charge in [0.15, 0.2) is 0 Å². The zero-order valence-corrected chi connectivity index (χ0v) is 10.2. The van der Waals surface area contributed by atoms with E-state index in [1.807, 2.05) is 48.5 Å². The summed E-state index contributed by atoms with van der Waals surface area (Å²) in [6.45, 7) is 0. The van der Waals surface area contributed by atoms with Crippen molar-refractivity contribution in [1.29, 1.82) is 5.26 Å². The third kappa shape index (κ3) is 2.16. The first-order valence-corrected chi connectivity index (χ1v) is 6.05. The van der Waals surface area contributed by atoms with E-state index in [0.717, 1.165) is 27.9 Å². The number of hydrogen-bond acceptors (Lipinski definition) is 3. The number of nitrogens with zero attached hydrogens (tertiary/aromatic N) is 3. The van der Waals surface area contributed by atoms with Crippen LogP contribution in [0.15, 0.2) is 54.7 Å². The summed E-state index contributed by atoms with van der Waals surface area (Å²) in [5.41, 5.74) is 4.42. The molecule has 3 aromatic rings. The lowest BCUT2D eigenvalue weighted by Gasteiger charge is -2.05. The number of benzene rings is 2. The van der Waals surface area contributed by atoms with Gasteiger partial charge in [0.1, 0.15) is 0 Å². The summed E-state index contributed by atoms with van der Waals surface area (Å²) in [6, 6.07) is 17.8. The van der Waals surface area contributed by atoms with Crippen LogP contribution in [-0.4, -0.2) is 9.97 Å². The van der Waals surface area contributed by atoms with Gasteiger partial charge in [-0.15, -0.1) is 0 Å². The number of para-hydroxylation sites is 1. The monoisotopic (exact) mass is 245 g/mol. The van der Waals surface area contributed by atoms with Crippen LogP contribution in [0.25, 0.3) is 22.3 Å². The normalized spacial score (nSPS) is 10.3. The van der Waals surface area contributed by atoms with Gasteiger partial charge in [0, 0.05) is 5.56 Å². The van der Waals surface area contributed by atoms with E-state index < -0.39 is 0 Å². The molecule has 0 unspecified atom stereocenters. The van der Waals surface area contributed by atoms with Gasteiger partial charge in [-0.1, -0.05) is 42.5 Å². The molecule has 3 nitrogen and oxygen atoms in total. The van der Waals surface area contributed by atoms with E-state index in [9.17, 15) is 0 Å². The molecule has 19 heavy (non-hydrogen) atoms. The van der Waals surface area contributed by atoms with E-state index in [2.05, 4.69) is 16.0 Å². The molecule has 3 rings (SSSR count). The predicted molar refractivity (Wildman–Crippen MR) is 74.3 cm³/mol. The number of nitriles is 1. The first kappa shape index (κ1) is 11.4. The summed E-state index contributed by atoms with van der Waals surface area (Å²) in [7, 11) is 0. The molecule has 1 aromatic heterocycles. The van der Waals surface area contributed by atoms with Gasteiger partial charge in [-0.3, -0.25) is 4.98 Å². The lowest BCUT2D eigenvalue weighted by atomic mass is 10.1. The van der Waals surface area contributed by atoms with Crippen molar-refractivity contribution >= 4 is 11.0 Å². The van der Waals surface area contributed by atoms with Crippen LogP contribution in [-0.2, 0) is 6.42 Å². The molecule has 0 saturated heterocycles. The molecular weight excluding hydrogens is 234 g/mol. The van der Waals surface area contributed by atoms with Crippen LogP contribution in [0.4, 0.5) is 0 Å². The standard InChI is InChI=1S/C16H11N3/c17-10-9-13-7-4-8-14-16(13)19-15(11-18-14)12-5-2-1-3-6-12/h1-8,11H,9H2. The van der Waals surface area contributed by atoms with Gasteiger partial charge in [0.05, 0.1) is 35.4 Å². The van der Waals surface area contributed by atoms with E-state index in [4.69, 9.17) is 5.26 Å². The minimum Gasteiger partial charge on any atom is -0.252 e. The Balaban J connectivity index is 2.20. The quantitative estimate of drug-likeness (QED) is 0.695. The molecular formula is C16H11N3. The van der Waals surface area contributed by atoms with Crippen molar-refractivity contribution in [3.8, 4) is 17.3 Å². The molecule has 0 aliphatic carbocycles. The first-order chi connectivity index (χ1) is 9.38. The first-order valence-electron chi connectivity index (χ1n) is 6.05. The molecule has 0 N–H and O–H groups in total. The SMILES string of the molecule is N#CCc1cccc2ncc(-c3ccccc3)nc12. The van der Waals surface area contributed by atoms with Crippen molar-refractivity contribution in [3.05, 3.63) is 60.3 Å². The topological polar surface area (TPSA) is 49.6 Å². The molecule has 0 aliphatic rings. The van der Waals surface area contributed by atoms with E-state index in [0.29, 0.717) is 6.42 Å². The summed E-state index contributed by atoms with van der Waals surface area (Å²) >= 11 is 0. The lowest BCUT2D eigenvalue weighted by molar-refractivity contribution is 1.23. The largest absolute Gasteiger partial charge is 0.252 e. The van der Waals surface area contributed by atoms with Crippen molar-refractivity contribution in [3.63, 3.8) is 0 Å². The highest BCUT2D eigenvalue weighted by Crippen LogP contribution is 2.21. The Morgan fingerprint density at radius 3 is 2.63 bits per heavy atom. The summed E-state index contributed by atoms with van der Waals surface area (Å²) < 4.78 is 0. The Kier molecular flexibility index (Phi) is 2.91. The highest BCUT2D eigenvalue weighted by molar-refractivity contribution is 5.80. The van der Waals surface area contributed by atoms with Gasteiger partial charge < -0.3 is 0 Å². The van der Waals surface area contributed by atoms with Crippen LogP contribution < -0.4 is 0 Å². The Hall–Kier alpha value is -2.73. The molecule has 2 aromatic carbocycles. The maximum atomic E-state index is 8.87. The number of fused-ring (bicyclic) bond motifs is 1. The van der Waals surface area contributed by atoms with Gasteiger partial charge in [0.25, 0.3) is 0 Å². The number of hydrogen-bond donors (Lipinski definition) is 0. The fourth-order valence-electron chi connectivity index (χ4n) is 2.07. The summed E-state index contributed by atoms with van der Waals surface area (Å²) in [6.07, 6.45) is 2.12. The van der Waals surface area contributed by atoms with Gasteiger partial charge in [-0.05, 0) is 11.6 Å². The minimum absolute atomic E-state index is 0.351. The van der Waals surface area contributed by atoms with Crippen LogP contribution in [0.1, 0.15) is 5.56 Å². The van der Waals surface area contributed by atoms with E-state index in [-0.39, 0.29) is 0 Å². The van der Waals surface area contributed by atoms with E-state index >= 15 is 0 Å². The summed E-state index contributed by atoms with van der Waals surface area (Å²) in [5.74, 6) is 0. The van der Waals surface area contributed by atoms with Crippen LogP contribution >= 0.6 is 0 Å². The number of aromatic nitrogens is 2. The lowest BCUT2D eigenvalue weighted by Crippen LogP contribution is -1.93. The highest BCUT2D eigenvalue weighted by atomic mass is 14.8. The molecule has 0 amide bonds.